The molecular weight excluding hydrogens is 498 g/mol. The zero-order chi connectivity index (χ0) is 26.8. The van der Waals surface area contributed by atoms with Gasteiger partial charge in [-0.05, 0) is 59.7 Å². The Hall–Kier alpha value is -4.34. The molecule has 0 heterocycles. The minimum absolute atomic E-state index is 0.0177. The predicted molar refractivity (Wildman–Crippen MR) is 128 cm³/mol. The van der Waals surface area contributed by atoms with E-state index < -0.39 is 28.9 Å². The molecule has 4 N–H and O–H groups in total. The highest BCUT2D eigenvalue weighted by molar-refractivity contribution is 5.55. The minimum atomic E-state index is -5.73. The third kappa shape index (κ3) is 4.87. The smallest absolute Gasteiger partial charge is 0.411 e. The third-order valence-corrected chi connectivity index (χ3v) is 5.72. The van der Waals surface area contributed by atoms with Gasteiger partial charge >= 0.3 is 12.4 Å². The molecule has 0 spiro atoms. The number of rotatable bonds is 6. The average Bonchev–Trinajstić information content (AvgIpc) is 2.83. The van der Waals surface area contributed by atoms with Crippen molar-refractivity contribution >= 4 is 11.4 Å². The first-order chi connectivity index (χ1) is 17.4. The molecular formula is C27H20F6N2O2. The minimum Gasteiger partial charge on any atom is -0.455 e. The molecule has 4 nitrogen and oxygen atoms in total. The van der Waals surface area contributed by atoms with Gasteiger partial charge in [0.1, 0.15) is 23.0 Å². The summed E-state index contributed by atoms with van der Waals surface area (Å²) < 4.78 is 97.6. The third-order valence-electron chi connectivity index (χ3n) is 5.72. The lowest BCUT2D eigenvalue weighted by Crippen LogP contribution is -2.54. The lowest BCUT2D eigenvalue weighted by atomic mass is 9.73. The summed E-state index contributed by atoms with van der Waals surface area (Å²) >= 11 is 0. The van der Waals surface area contributed by atoms with E-state index in [4.69, 9.17) is 20.9 Å². The summed E-state index contributed by atoms with van der Waals surface area (Å²) in [6.07, 6.45) is -11.5. The molecule has 0 aliphatic rings. The van der Waals surface area contributed by atoms with Gasteiger partial charge in [0.15, 0.2) is 0 Å². The molecule has 0 saturated heterocycles. The molecule has 4 aromatic carbocycles. The van der Waals surface area contributed by atoms with Gasteiger partial charge in [-0.3, -0.25) is 0 Å². The van der Waals surface area contributed by atoms with E-state index in [0.717, 1.165) is 48.5 Å². The first kappa shape index (κ1) is 25.7. The van der Waals surface area contributed by atoms with E-state index in [1.54, 1.807) is 36.4 Å². The van der Waals surface area contributed by atoms with Crippen LogP contribution in [0.3, 0.4) is 0 Å². The molecule has 0 unspecified atom stereocenters. The van der Waals surface area contributed by atoms with Crippen LogP contribution in [0.5, 0.6) is 23.0 Å². The summed E-state index contributed by atoms with van der Waals surface area (Å²) in [6.45, 7) is 0. The summed E-state index contributed by atoms with van der Waals surface area (Å²) in [5.74, 6) is 0.457. The highest BCUT2D eigenvalue weighted by Crippen LogP contribution is 2.56. The van der Waals surface area contributed by atoms with Gasteiger partial charge in [-0.15, -0.1) is 0 Å². The standard InChI is InChI=1S/C27H20F6N2O2/c28-26(29,30)25(27(31,32)33,17-9-13-19(14-10-17)36-23-7-3-1-5-21(23)34)18-11-15-20(16-12-18)37-24-8-4-2-6-22(24)35/h1-16H,34-35H2. The zero-order valence-electron chi connectivity index (χ0n) is 19.0. The molecule has 37 heavy (non-hydrogen) atoms. The van der Waals surface area contributed by atoms with Crippen molar-refractivity contribution in [3.05, 3.63) is 108 Å². The van der Waals surface area contributed by atoms with Gasteiger partial charge in [0.25, 0.3) is 0 Å². The average molecular weight is 518 g/mol. The van der Waals surface area contributed by atoms with Crippen molar-refractivity contribution in [3.63, 3.8) is 0 Å². The molecule has 0 aliphatic heterocycles. The number of para-hydroxylation sites is 4. The Morgan fingerprint density at radius 3 is 1.08 bits per heavy atom. The molecule has 4 rings (SSSR count). The van der Waals surface area contributed by atoms with Gasteiger partial charge in [-0.25, -0.2) is 0 Å². The van der Waals surface area contributed by atoms with E-state index >= 15 is 0 Å². The second-order valence-corrected chi connectivity index (χ2v) is 8.07. The van der Waals surface area contributed by atoms with Crippen molar-refractivity contribution in [1.29, 1.82) is 0 Å². The number of halogens is 6. The molecule has 0 radical (unpaired) electrons. The van der Waals surface area contributed by atoms with Gasteiger partial charge in [0, 0.05) is 0 Å². The Kier molecular flexibility index (Phi) is 6.68. The van der Waals surface area contributed by atoms with Crippen molar-refractivity contribution in [3.8, 4) is 23.0 Å². The van der Waals surface area contributed by atoms with Crippen LogP contribution in [0.4, 0.5) is 37.7 Å². The van der Waals surface area contributed by atoms with E-state index in [2.05, 4.69) is 0 Å². The molecule has 0 aromatic heterocycles. The topological polar surface area (TPSA) is 70.5 Å². The van der Waals surface area contributed by atoms with Crippen LogP contribution in [0.2, 0.25) is 0 Å². The van der Waals surface area contributed by atoms with E-state index in [0.29, 0.717) is 0 Å². The van der Waals surface area contributed by atoms with Crippen LogP contribution in [0.15, 0.2) is 97.1 Å². The largest absolute Gasteiger partial charge is 0.455 e. The SMILES string of the molecule is Nc1ccccc1Oc1ccc(C(c2ccc(Oc3ccccc3N)cc2)(C(F)(F)F)C(F)(F)F)cc1. The quantitative estimate of drug-likeness (QED) is 0.202. The lowest BCUT2D eigenvalue weighted by molar-refractivity contribution is -0.288. The van der Waals surface area contributed by atoms with Crippen molar-refractivity contribution in [2.75, 3.05) is 11.5 Å². The summed E-state index contributed by atoms with van der Waals surface area (Å²) in [5.41, 5.74) is 5.72. The highest BCUT2D eigenvalue weighted by atomic mass is 19.4. The Morgan fingerprint density at radius 1 is 0.459 bits per heavy atom. The molecule has 0 aliphatic carbocycles. The molecule has 0 bridgehead atoms. The molecule has 0 fully saturated rings. The maximum atomic E-state index is 14.4. The fourth-order valence-electron chi connectivity index (χ4n) is 3.93. The summed E-state index contributed by atoms with van der Waals surface area (Å²) in [5, 5.41) is 0. The molecule has 0 saturated carbocycles. The molecule has 0 amide bonds. The van der Waals surface area contributed by atoms with Crippen LogP contribution in [-0.4, -0.2) is 12.4 Å². The van der Waals surface area contributed by atoms with Crippen molar-refractivity contribution in [2.24, 2.45) is 0 Å². The fourth-order valence-corrected chi connectivity index (χ4v) is 3.93. The first-order valence-corrected chi connectivity index (χ1v) is 10.8. The zero-order valence-corrected chi connectivity index (χ0v) is 19.0. The normalized spacial score (nSPS) is 12.3. The van der Waals surface area contributed by atoms with E-state index in [1.165, 1.54) is 12.1 Å². The van der Waals surface area contributed by atoms with Gasteiger partial charge in [0.05, 0.1) is 11.4 Å². The van der Waals surface area contributed by atoms with Crippen LogP contribution >= 0.6 is 0 Å². The van der Waals surface area contributed by atoms with Crippen molar-refractivity contribution < 1.29 is 35.8 Å². The summed E-state index contributed by atoms with van der Waals surface area (Å²) in [6, 6.07) is 19.8. The van der Waals surface area contributed by atoms with Gasteiger partial charge in [-0.2, -0.15) is 26.3 Å². The van der Waals surface area contributed by atoms with Crippen LogP contribution in [0.25, 0.3) is 0 Å². The summed E-state index contributed by atoms with van der Waals surface area (Å²) in [4.78, 5) is 0. The van der Waals surface area contributed by atoms with E-state index in [-0.39, 0.29) is 34.4 Å². The molecule has 4 aromatic rings. The molecule has 192 valence electrons. The highest BCUT2D eigenvalue weighted by Gasteiger charge is 2.72. The Balaban J connectivity index is 1.75. The van der Waals surface area contributed by atoms with Crippen LogP contribution in [0, 0.1) is 0 Å². The van der Waals surface area contributed by atoms with Gasteiger partial charge in [0.2, 0.25) is 5.41 Å². The van der Waals surface area contributed by atoms with Crippen LogP contribution in [0.1, 0.15) is 11.1 Å². The molecule has 10 heteroatoms. The van der Waals surface area contributed by atoms with E-state index in [1.807, 2.05) is 0 Å². The maximum absolute atomic E-state index is 14.4. The Labute approximate surface area is 208 Å². The number of hydrogen-bond donors (Lipinski definition) is 2. The predicted octanol–water partition coefficient (Wildman–Crippen LogP) is 7.85. The number of nitrogens with two attached hydrogens (primary N) is 2. The number of alkyl halides is 6. The van der Waals surface area contributed by atoms with Crippen molar-refractivity contribution in [1.82, 2.24) is 0 Å². The van der Waals surface area contributed by atoms with Crippen molar-refractivity contribution in [2.45, 2.75) is 17.8 Å². The lowest BCUT2D eigenvalue weighted by Gasteiger charge is -2.38. The van der Waals surface area contributed by atoms with Crippen LogP contribution < -0.4 is 20.9 Å². The van der Waals surface area contributed by atoms with E-state index in [9.17, 15) is 26.3 Å². The number of nitrogen functional groups attached to an aromatic ring is 2. The maximum Gasteiger partial charge on any atom is 0.411 e. The molecule has 0 atom stereocenters. The summed E-state index contributed by atoms with van der Waals surface area (Å²) in [7, 11) is 0. The first-order valence-electron chi connectivity index (χ1n) is 10.8. The second kappa shape index (κ2) is 9.61. The number of anilines is 2. The van der Waals surface area contributed by atoms with Gasteiger partial charge < -0.3 is 20.9 Å². The monoisotopic (exact) mass is 518 g/mol. The number of ether oxygens (including phenoxy) is 2. The Bertz CT molecular complexity index is 1260. The van der Waals surface area contributed by atoms with Crippen LogP contribution in [-0.2, 0) is 5.41 Å². The number of benzene rings is 4. The van der Waals surface area contributed by atoms with Gasteiger partial charge in [-0.1, -0.05) is 48.5 Å². The Morgan fingerprint density at radius 2 is 0.784 bits per heavy atom. The number of hydrogen-bond acceptors (Lipinski definition) is 4. The fraction of sp³-hybridized carbons (Fsp3) is 0.111. The second-order valence-electron chi connectivity index (χ2n) is 8.07.